The topological polar surface area (TPSA) is 117 Å². The standard InChI is InChI=1S/C33H52ClN3O6/c1-22(2)28(23(3)38)20-30(39)29(18-24-10-6-5-7-11-24)36-32(40)37-16-9-13-26(21-37)31(25-12-8-14-27(34)19-25)43-17-15-35-33(41)42-4/h8,12,14,19,22,24,26,28-31,39H,5-7,9-11,13,15-18,20-21H2,1-4H3,(H,35,41)(H,36,40)/t26-,28+,29+,30+,31+/m1/s1. The van der Waals surface area contributed by atoms with E-state index in [-0.39, 0.29) is 42.3 Å². The molecule has 0 unspecified atom stereocenters. The molecule has 43 heavy (non-hydrogen) atoms. The molecule has 1 saturated heterocycles. The van der Waals surface area contributed by atoms with Crippen molar-refractivity contribution >= 4 is 29.5 Å². The van der Waals surface area contributed by atoms with Crippen LogP contribution in [0.3, 0.4) is 0 Å². The fourth-order valence-corrected chi connectivity index (χ4v) is 6.92. The van der Waals surface area contributed by atoms with Crippen LogP contribution in [0.15, 0.2) is 24.3 Å². The molecule has 1 aliphatic carbocycles. The Hall–Kier alpha value is -2.36. The van der Waals surface area contributed by atoms with E-state index in [1.54, 1.807) is 6.92 Å². The van der Waals surface area contributed by atoms with E-state index in [9.17, 15) is 19.5 Å². The molecule has 1 aromatic rings. The first kappa shape index (κ1) is 35.1. The number of methoxy groups -OCH3 is 1. The summed E-state index contributed by atoms with van der Waals surface area (Å²) in [7, 11) is 1.32. The smallest absolute Gasteiger partial charge is 0.406 e. The van der Waals surface area contributed by atoms with E-state index in [1.165, 1.54) is 26.4 Å². The van der Waals surface area contributed by atoms with Gasteiger partial charge in [0.25, 0.3) is 0 Å². The zero-order valence-corrected chi connectivity index (χ0v) is 27.1. The van der Waals surface area contributed by atoms with Crippen LogP contribution in [0.2, 0.25) is 5.02 Å². The number of carbonyl (C=O) groups is 3. The maximum atomic E-state index is 13.7. The average molecular weight is 622 g/mol. The molecule has 9 nitrogen and oxygen atoms in total. The molecule has 1 aliphatic heterocycles. The number of halogens is 1. The van der Waals surface area contributed by atoms with Crippen molar-refractivity contribution in [2.75, 3.05) is 33.4 Å². The van der Waals surface area contributed by atoms with Gasteiger partial charge in [0.2, 0.25) is 0 Å². The van der Waals surface area contributed by atoms with Gasteiger partial charge >= 0.3 is 12.1 Å². The maximum Gasteiger partial charge on any atom is 0.406 e. The van der Waals surface area contributed by atoms with Gasteiger partial charge in [0.05, 0.1) is 32.0 Å². The van der Waals surface area contributed by atoms with Crippen molar-refractivity contribution in [3.8, 4) is 0 Å². The minimum atomic E-state index is -0.799. The first-order valence-corrected chi connectivity index (χ1v) is 16.4. The molecule has 0 bridgehead atoms. The second kappa shape index (κ2) is 17.8. The molecule has 1 saturated carbocycles. The largest absolute Gasteiger partial charge is 0.453 e. The molecule has 3 rings (SSSR count). The van der Waals surface area contributed by atoms with Gasteiger partial charge in [0.1, 0.15) is 5.78 Å². The molecule has 0 radical (unpaired) electrons. The number of benzene rings is 1. The zero-order valence-electron chi connectivity index (χ0n) is 26.4. The monoisotopic (exact) mass is 621 g/mol. The number of ether oxygens (including phenoxy) is 2. The Balaban J connectivity index is 1.72. The summed E-state index contributed by atoms with van der Waals surface area (Å²) in [6.07, 6.45) is 6.91. The number of carbonyl (C=O) groups excluding carboxylic acids is 3. The van der Waals surface area contributed by atoms with Crippen molar-refractivity contribution in [1.29, 1.82) is 0 Å². The molecule has 0 spiro atoms. The van der Waals surface area contributed by atoms with Crippen LogP contribution in [0.5, 0.6) is 0 Å². The third-order valence-electron chi connectivity index (χ3n) is 9.11. The summed E-state index contributed by atoms with van der Waals surface area (Å²) in [5.74, 6) is 0.416. The molecule has 2 fully saturated rings. The molecular weight excluding hydrogens is 570 g/mol. The van der Waals surface area contributed by atoms with Gasteiger partial charge in [-0.1, -0.05) is 69.7 Å². The van der Waals surface area contributed by atoms with E-state index in [0.29, 0.717) is 43.4 Å². The third-order valence-corrected chi connectivity index (χ3v) is 9.35. The molecule has 5 atom stereocenters. The number of amides is 3. The van der Waals surface area contributed by atoms with Gasteiger partial charge in [-0.25, -0.2) is 9.59 Å². The van der Waals surface area contributed by atoms with E-state index in [2.05, 4.69) is 15.4 Å². The Morgan fingerprint density at radius 2 is 1.86 bits per heavy atom. The molecule has 3 N–H and O–H groups in total. The summed E-state index contributed by atoms with van der Waals surface area (Å²) in [6, 6.07) is 6.95. The summed E-state index contributed by atoms with van der Waals surface area (Å²) in [5.41, 5.74) is 0.924. The Morgan fingerprint density at radius 3 is 2.51 bits per heavy atom. The van der Waals surface area contributed by atoms with Crippen LogP contribution < -0.4 is 10.6 Å². The van der Waals surface area contributed by atoms with Crippen molar-refractivity contribution in [3.63, 3.8) is 0 Å². The van der Waals surface area contributed by atoms with Crippen LogP contribution in [0.1, 0.15) is 90.2 Å². The zero-order chi connectivity index (χ0) is 31.4. The molecule has 242 valence electrons. The number of Topliss-reactive ketones (excluding diaryl/α,β-unsaturated/α-hetero) is 1. The first-order chi connectivity index (χ1) is 20.6. The van der Waals surface area contributed by atoms with E-state index < -0.39 is 18.2 Å². The summed E-state index contributed by atoms with van der Waals surface area (Å²) in [4.78, 5) is 39.4. The van der Waals surface area contributed by atoms with Crippen LogP contribution >= 0.6 is 11.6 Å². The van der Waals surface area contributed by atoms with E-state index >= 15 is 0 Å². The van der Waals surface area contributed by atoms with Gasteiger partial charge in [0, 0.05) is 36.5 Å². The first-order valence-electron chi connectivity index (χ1n) is 16.0. The molecule has 1 aromatic carbocycles. The van der Waals surface area contributed by atoms with Gasteiger partial charge in [-0.05, 0) is 62.1 Å². The summed E-state index contributed by atoms with van der Waals surface area (Å²) >= 11 is 6.32. The molecule has 0 aromatic heterocycles. The van der Waals surface area contributed by atoms with Crippen LogP contribution in [0.4, 0.5) is 9.59 Å². The number of rotatable bonds is 14. The molecule has 1 heterocycles. The summed E-state index contributed by atoms with van der Waals surface area (Å²) in [6.45, 7) is 7.27. The van der Waals surface area contributed by atoms with Gasteiger partial charge < -0.3 is 30.1 Å². The number of piperidine rings is 1. The number of alkyl carbamates (subject to hydrolysis) is 1. The van der Waals surface area contributed by atoms with Crippen LogP contribution in [-0.4, -0.2) is 73.4 Å². The Bertz CT molecular complexity index is 1030. The predicted octanol–water partition coefficient (Wildman–Crippen LogP) is 6.13. The second-order valence-corrected chi connectivity index (χ2v) is 13.1. The molecular formula is C33H52ClN3O6. The van der Waals surface area contributed by atoms with Crippen LogP contribution in [0, 0.1) is 23.7 Å². The summed E-state index contributed by atoms with van der Waals surface area (Å²) in [5, 5.41) is 17.8. The Morgan fingerprint density at radius 1 is 1.12 bits per heavy atom. The molecule has 10 heteroatoms. The lowest BCUT2D eigenvalue weighted by atomic mass is 9.80. The van der Waals surface area contributed by atoms with Crippen LogP contribution in [0.25, 0.3) is 0 Å². The maximum absolute atomic E-state index is 13.7. The van der Waals surface area contributed by atoms with Gasteiger partial charge in [-0.15, -0.1) is 0 Å². The lowest BCUT2D eigenvalue weighted by Gasteiger charge is -2.39. The predicted molar refractivity (Wildman–Crippen MR) is 168 cm³/mol. The number of likely N-dealkylation sites (tertiary alicyclic amines) is 1. The van der Waals surface area contributed by atoms with Crippen molar-refractivity contribution in [1.82, 2.24) is 15.5 Å². The normalized spacial score (nSPS) is 20.6. The number of ketones is 1. The highest BCUT2D eigenvalue weighted by molar-refractivity contribution is 6.30. The van der Waals surface area contributed by atoms with Crippen molar-refractivity contribution < 1.29 is 29.0 Å². The number of nitrogens with one attached hydrogen (secondary N) is 2. The Labute approximate surface area is 262 Å². The quantitative estimate of drug-likeness (QED) is 0.215. The molecule has 3 amide bonds. The van der Waals surface area contributed by atoms with Crippen molar-refractivity contribution in [3.05, 3.63) is 34.9 Å². The average Bonchev–Trinajstić information content (AvgIpc) is 2.99. The minimum Gasteiger partial charge on any atom is -0.453 e. The third kappa shape index (κ3) is 11.3. The van der Waals surface area contributed by atoms with Gasteiger partial charge in [-0.2, -0.15) is 0 Å². The summed E-state index contributed by atoms with van der Waals surface area (Å²) < 4.78 is 10.9. The van der Waals surface area contributed by atoms with E-state index in [1.807, 2.05) is 43.0 Å². The fourth-order valence-electron chi connectivity index (χ4n) is 6.72. The Kier molecular flexibility index (Phi) is 14.6. The van der Waals surface area contributed by atoms with E-state index in [4.69, 9.17) is 16.3 Å². The van der Waals surface area contributed by atoms with Crippen molar-refractivity contribution in [2.24, 2.45) is 23.7 Å². The number of aliphatic hydroxyl groups is 1. The number of hydrogen-bond donors (Lipinski definition) is 3. The number of aliphatic hydroxyl groups excluding tert-OH is 1. The lowest BCUT2D eigenvalue weighted by Crippen LogP contribution is -2.53. The number of hydrogen-bond acceptors (Lipinski definition) is 6. The second-order valence-electron chi connectivity index (χ2n) is 12.7. The fraction of sp³-hybridized carbons (Fsp3) is 0.727. The number of nitrogens with zero attached hydrogens (tertiary/aromatic N) is 1. The highest BCUT2D eigenvalue weighted by Gasteiger charge is 2.35. The minimum absolute atomic E-state index is 0.0147. The molecule has 2 aliphatic rings. The van der Waals surface area contributed by atoms with Crippen molar-refractivity contribution in [2.45, 2.75) is 96.8 Å². The van der Waals surface area contributed by atoms with Crippen LogP contribution in [-0.2, 0) is 14.3 Å². The highest BCUT2D eigenvalue weighted by atomic mass is 35.5. The van der Waals surface area contributed by atoms with Gasteiger partial charge in [-0.3, -0.25) is 4.79 Å². The highest BCUT2D eigenvalue weighted by Crippen LogP contribution is 2.34. The SMILES string of the molecule is COC(=O)NCCO[C@@H](c1cccc(Cl)c1)[C@@H]1CCCN(C(=O)N[C@@H](CC2CCCCC2)[C@@H](O)C[C@H](C(C)=O)C(C)C)C1. The lowest BCUT2D eigenvalue weighted by molar-refractivity contribution is -0.123. The number of urea groups is 1. The van der Waals surface area contributed by atoms with E-state index in [0.717, 1.165) is 31.2 Å². The van der Waals surface area contributed by atoms with Gasteiger partial charge in [0.15, 0.2) is 0 Å².